The molecular weight excluding hydrogens is 420 g/mol. The lowest BCUT2D eigenvalue weighted by Gasteiger charge is -2.42. The summed E-state index contributed by atoms with van der Waals surface area (Å²) in [5.74, 6) is 0. The average Bonchev–Trinajstić information content (AvgIpc) is 2.62. The van der Waals surface area contributed by atoms with Crippen LogP contribution < -0.4 is 10.7 Å². The van der Waals surface area contributed by atoms with Crippen molar-refractivity contribution in [1.29, 1.82) is 0 Å². The van der Waals surface area contributed by atoms with Crippen LogP contribution in [0.25, 0.3) is 0 Å². The van der Waals surface area contributed by atoms with Crippen molar-refractivity contribution in [2.24, 2.45) is 5.10 Å². The molecular formula is C18H22BrClN4O2. The maximum atomic E-state index is 13.0. The zero-order valence-corrected chi connectivity index (χ0v) is 17.3. The van der Waals surface area contributed by atoms with E-state index in [2.05, 4.69) is 31.8 Å². The molecule has 0 spiro atoms. The number of nitrogens with one attached hydrogen (secondary N) is 2. The Labute approximate surface area is 166 Å². The summed E-state index contributed by atoms with van der Waals surface area (Å²) in [5.41, 5.74) is 4.77. The van der Waals surface area contributed by atoms with E-state index >= 15 is 0 Å². The highest BCUT2D eigenvalue weighted by Gasteiger charge is 2.37. The molecule has 1 heterocycles. The van der Waals surface area contributed by atoms with Gasteiger partial charge in [0.15, 0.2) is 0 Å². The monoisotopic (exact) mass is 440 g/mol. The fraction of sp³-hybridized carbons (Fsp3) is 0.389. The summed E-state index contributed by atoms with van der Waals surface area (Å²) in [6.07, 6.45) is 3.86. The predicted octanol–water partition coefficient (Wildman–Crippen LogP) is 4.56. The zero-order valence-electron chi connectivity index (χ0n) is 14.9. The number of hydrazone groups is 1. The molecule has 1 saturated heterocycles. The van der Waals surface area contributed by atoms with Crippen LogP contribution in [0.3, 0.4) is 0 Å². The molecule has 1 aliphatic heterocycles. The SMILES string of the molecule is C/C=C1/CC(C)N(C(=O)Nc2ccc(Cl)c(Br)c2)C(CC)/C1=N/NC=O. The number of halogens is 2. The molecule has 1 aliphatic rings. The number of hydrogen-bond donors (Lipinski definition) is 2. The molecule has 140 valence electrons. The van der Waals surface area contributed by atoms with Crippen LogP contribution in [0.5, 0.6) is 0 Å². The minimum Gasteiger partial charge on any atom is -0.313 e. The van der Waals surface area contributed by atoms with Gasteiger partial charge in [0.2, 0.25) is 6.41 Å². The van der Waals surface area contributed by atoms with Crippen molar-refractivity contribution in [3.8, 4) is 0 Å². The van der Waals surface area contributed by atoms with Gasteiger partial charge < -0.3 is 10.2 Å². The number of carbonyl (C=O) groups is 2. The van der Waals surface area contributed by atoms with E-state index in [-0.39, 0.29) is 18.1 Å². The van der Waals surface area contributed by atoms with Crippen molar-refractivity contribution in [3.63, 3.8) is 0 Å². The zero-order chi connectivity index (χ0) is 19.3. The van der Waals surface area contributed by atoms with Gasteiger partial charge in [0.25, 0.3) is 0 Å². The maximum Gasteiger partial charge on any atom is 0.322 e. The summed E-state index contributed by atoms with van der Waals surface area (Å²) < 4.78 is 0.712. The Kier molecular flexibility index (Phi) is 7.23. The van der Waals surface area contributed by atoms with Crippen LogP contribution in [0.4, 0.5) is 10.5 Å². The molecule has 0 aliphatic carbocycles. The first kappa shape index (κ1) is 20.5. The molecule has 0 aromatic heterocycles. The Morgan fingerprint density at radius 3 is 2.81 bits per heavy atom. The summed E-state index contributed by atoms with van der Waals surface area (Å²) in [6, 6.07) is 4.78. The summed E-state index contributed by atoms with van der Waals surface area (Å²) in [7, 11) is 0. The van der Waals surface area contributed by atoms with E-state index in [1.807, 2.05) is 26.8 Å². The Balaban J connectivity index is 2.30. The number of piperidine rings is 1. The summed E-state index contributed by atoms with van der Waals surface area (Å²) in [6.45, 7) is 5.94. The second-order valence-electron chi connectivity index (χ2n) is 6.00. The lowest BCUT2D eigenvalue weighted by Crippen LogP contribution is -2.55. The molecule has 26 heavy (non-hydrogen) atoms. The van der Waals surface area contributed by atoms with Gasteiger partial charge in [0, 0.05) is 16.2 Å². The van der Waals surface area contributed by atoms with Crippen LogP contribution in [0.15, 0.2) is 39.4 Å². The first-order valence-corrected chi connectivity index (χ1v) is 9.56. The van der Waals surface area contributed by atoms with Crippen LogP contribution in [0.1, 0.15) is 33.6 Å². The number of amides is 3. The normalized spacial score (nSPS) is 23.2. The quantitative estimate of drug-likeness (QED) is 0.531. The highest BCUT2D eigenvalue weighted by Crippen LogP contribution is 2.29. The second kappa shape index (κ2) is 9.19. The molecule has 6 nitrogen and oxygen atoms in total. The van der Waals surface area contributed by atoms with E-state index in [9.17, 15) is 9.59 Å². The highest BCUT2D eigenvalue weighted by atomic mass is 79.9. The van der Waals surface area contributed by atoms with Crippen molar-refractivity contribution in [2.45, 2.75) is 45.7 Å². The number of benzene rings is 1. The predicted molar refractivity (Wildman–Crippen MR) is 109 cm³/mol. The maximum absolute atomic E-state index is 13.0. The molecule has 8 heteroatoms. The smallest absolute Gasteiger partial charge is 0.313 e. The molecule has 0 radical (unpaired) electrons. The molecule has 0 bridgehead atoms. The third-order valence-corrected chi connectivity index (χ3v) is 5.56. The number of urea groups is 1. The van der Waals surface area contributed by atoms with E-state index in [1.54, 1.807) is 23.1 Å². The molecule has 1 fully saturated rings. The van der Waals surface area contributed by atoms with Gasteiger partial charge in [-0.2, -0.15) is 5.10 Å². The molecule has 2 atom stereocenters. The third-order valence-electron chi connectivity index (χ3n) is 4.35. The number of hydrogen-bond acceptors (Lipinski definition) is 3. The largest absolute Gasteiger partial charge is 0.322 e. The average molecular weight is 442 g/mol. The minimum atomic E-state index is -0.229. The van der Waals surface area contributed by atoms with Gasteiger partial charge in [-0.15, -0.1) is 0 Å². The summed E-state index contributed by atoms with van der Waals surface area (Å²) in [4.78, 5) is 25.4. The van der Waals surface area contributed by atoms with Gasteiger partial charge >= 0.3 is 6.03 Å². The Morgan fingerprint density at radius 1 is 1.50 bits per heavy atom. The molecule has 1 aromatic rings. The van der Waals surface area contributed by atoms with Gasteiger partial charge in [0.05, 0.1) is 16.8 Å². The van der Waals surface area contributed by atoms with Crippen LogP contribution in [0.2, 0.25) is 5.02 Å². The lowest BCUT2D eigenvalue weighted by molar-refractivity contribution is -0.109. The Hall–Kier alpha value is -1.86. The standard InChI is InChI=1S/C18H22BrClN4O2/c1-4-12-8-11(3)24(16(5-2)17(12)23-21-10-25)18(26)22-13-6-7-15(20)14(19)9-13/h4,6-7,9-11,16H,5,8H2,1-3H3,(H,21,25)(H,22,26)/b12-4-,23-17+. The number of nitrogens with zero attached hydrogens (tertiary/aromatic N) is 2. The molecule has 2 N–H and O–H groups in total. The highest BCUT2D eigenvalue weighted by molar-refractivity contribution is 9.10. The first-order valence-electron chi connectivity index (χ1n) is 8.39. The van der Waals surface area contributed by atoms with Crippen LogP contribution in [0, 0.1) is 0 Å². The topological polar surface area (TPSA) is 73.8 Å². The van der Waals surface area contributed by atoms with E-state index < -0.39 is 0 Å². The van der Waals surface area contributed by atoms with Crippen molar-refractivity contribution in [3.05, 3.63) is 39.3 Å². The number of carbonyl (C=O) groups excluding carboxylic acids is 2. The van der Waals surface area contributed by atoms with Crippen molar-refractivity contribution in [2.75, 3.05) is 5.32 Å². The summed E-state index contributed by atoms with van der Waals surface area (Å²) in [5, 5.41) is 7.68. The Morgan fingerprint density at radius 2 is 2.23 bits per heavy atom. The molecule has 3 amide bonds. The van der Waals surface area contributed by atoms with Gasteiger partial charge in [-0.25, -0.2) is 10.2 Å². The third kappa shape index (κ3) is 4.45. The first-order chi connectivity index (χ1) is 12.4. The van der Waals surface area contributed by atoms with E-state index in [0.717, 1.165) is 5.57 Å². The van der Waals surface area contributed by atoms with Crippen molar-refractivity contribution < 1.29 is 9.59 Å². The van der Waals surface area contributed by atoms with Gasteiger partial charge in [0.1, 0.15) is 0 Å². The van der Waals surface area contributed by atoms with E-state index in [1.165, 1.54) is 0 Å². The van der Waals surface area contributed by atoms with Crippen LogP contribution in [-0.4, -0.2) is 35.1 Å². The number of anilines is 1. The van der Waals surface area contributed by atoms with Crippen LogP contribution >= 0.6 is 27.5 Å². The number of allylic oxidation sites excluding steroid dienone is 1. The van der Waals surface area contributed by atoms with E-state index in [4.69, 9.17) is 11.6 Å². The second-order valence-corrected chi connectivity index (χ2v) is 7.26. The summed E-state index contributed by atoms with van der Waals surface area (Å²) >= 11 is 9.37. The Bertz CT molecular complexity index is 751. The molecule has 0 saturated carbocycles. The molecule has 1 aromatic carbocycles. The molecule has 2 unspecified atom stereocenters. The van der Waals surface area contributed by atoms with Crippen molar-refractivity contribution in [1.82, 2.24) is 10.3 Å². The van der Waals surface area contributed by atoms with Gasteiger partial charge in [-0.1, -0.05) is 24.6 Å². The lowest BCUT2D eigenvalue weighted by atomic mass is 9.88. The minimum absolute atomic E-state index is 0.00271. The number of rotatable bonds is 4. The van der Waals surface area contributed by atoms with Gasteiger partial charge in [-0.05, 0) is 66.4 Å². The van der Waals surface area contributed by atoms with Gasteiger partial charge in [-0.3, -0.25) is 4.79 Å². The number of likely N-dealkylation sites (tertiary alicyclic amines) is 1. The van der Waals surface area contributed by atoms with Crippen molar-refractivity contribution >= 4 is 51.4 Å². The fourth-order valence-corrected chi connectivity index (χ4v) is 3.67. The van der Waals surface area contributed by atoms with E-state index in [0.29, 0.717) is 40.1 Å². The van der Waals surface area contributed by atoms with Crippen LogP contribution in [-0.2, 0) is 4.79 Å². The fourth-order valence-electron chi connectivity index (χ4n) is 3.18. The molecule has 2 rings (SSSR count).